The van der Waals surface area contributed by atoms with Gasteiger partial charge in [0.05, 0.1) is 0 Å². The average molecular weight is 286 g/mol. The van der Waals surface area contributed by atoms with Crippen molar-refractivity contribution in [2.45, 2.75) is 20.3 Å². The molecule has 0 amide bonds. The molecule has 0 aliphatic rings. The molecule has 0 atom stereocenters. The van der Waals surface area contributed by atoms with Gasteiger partial charge in [-0.25, -0.2) is 0 Å². The molecule has 3 aromatic rings. The average Bonchev–Trinajstić information content (AvgIpc) is 2.55. The van der Waals surface area contributed by atoms with Gasteiger partial charge in [0, 0.05) is 0 Å². The second-order valence-corrected chi connectivity index (χ2v) is 6.25. The molecule has 0 saturated heterocycles. The van der Waals surface area contributed by atoms with E-state index in [9.17, 15) is 0 Å². The normalized spacial score (nSPS) is 10.9. The molecule has 0 aliphatic heterocycles. The molecule has 0 aliphatic carbocycles. The minimum Gasteiger partial charge on any atom is -0.0625 e. The molecule has 0 nitrogen and oxygen atoms in total. The maximum Gasteiger partial charge on any atom is -0.0178 e. The molecule has 0 N–H and O–H groups in total. The van der Waals surface area contributed by atoms with E-state index in [1.807, 2.05) is 0 Å². The zero-order valence-corrected chi connectivity index (χ0v) is 13.3. The van der Waals surface area contributed by atoms with Crippen LogP contribution in [0.5, 0.6) is 0 Å². The first kappa shape index (κ1) is 14.6. The van der Waals surface area contributed by atoms with E-state index in [0.717, 1.165) is 6.42 Å². The van der Waals surface area contributed by atoms with Crippen LogP contribution < -0.4 is 0 Å². The minimum absolute atomic E-state index is 0.686. The molecule has 0 aromatic heterocycles. The summed E-state index contributed by atoms with van der Waals surface area (Å²) >= 11 is 0. The van der Waals surface area contributed by atoms with Crippen molar-refractivity contribution in [3.8, 4) is 22.3 Å². The SMILES string of the molecule is CC(C)Cc1cccc(-c2cccc(-c3ccccc3)c2)c1. The molecule has 0 saturated carbocycles. The van der Waals surface area contributed by atoms with Crippen molar-refractivity contribution in [3.63, 3.8) is 0 Å². The van der Waals surface area contributed by atoms with Crippen molar-refractivity contribution >= 4 is 0 Å². The maximum atomic E-state index is 2.32. The second kappa shape index (κ2) is 6.62. The lowest BCUT2D eigenvalue weighted by molar-refractivity contribution is 0.647. The van der Waals surface area contributed by atoms with Crippen LogP contribution in [-0.2, 0) is 6.42 Å². The van der Waals surface area contributed by atoms with E-state index in [1.54, 1.807) is 0 Å². The van der Waals surface area contributed by atoms with Gasteiger partial charge in [-0.05, 0) is 46.2 Å². The van der Waals surface area contributed by atoms with Crippen molar-refractivity contribution in [3.05, 3.63) is 84.4 Å². The highest BCUT2D eigenvalue weighted by Gasteiger charge is 2.03. The Morgan fingerprint density at radius 1 is 0.591 bits per heavy atom. The van der Waals surface area contributed by atoms with Gasteiger partial charge in [0.25, 0.3) is 0 Å². The molecular formula is C22H22. The van der Waals surface area contributed by atoms with Crippen molar-refractivity contribution in [2.24, 2.45) is 5.92 Å². The fourth-order valence-corrected chi connectivity index (χ4v) is 2.86. The van der Waals surface area contributed by atoms with Gasteiger partial charge in [0.1, 0.15) is 0 Å². The van der Waals surface area contributed by atoms with Gasteiger partial charge >= 0.3 is 0 Å². The molecule has 0 bridgehead atoms. The molecule has 0 heteroatoms. The van der Waals surface area contributed by atoms with E-state index in [0.29, 0.717) is 5.92 Å². The van der Waals surface area contributed by atoms with Crippen LogP contribution in [0.4, 0.5) is 0 Å². The first-order valence-corrected chi connectivity index (χ1v) is 7.97. The van der Waals surface area contributed by atoms with Crippen LogP contribution in [0.25, 0.3) is 22.3 Å². The number of hydrogen-bond donors (Lipinski definition) is 0. The lowest BCUT2D eigenvalue weighted by Gasteiger charge is -2.09. The van der Waals surface area contributed by atoms with Crippen molar-refractivity contribution in [2.75, 3.05) is 0 Å². The summed E-state index contributed by atoms with van der Waals surface area (Å²) in [5, 5.41) is 0. The van der Waals surface area contributed by atoms with Crippen LogP contribution >= 0.6 is 0 Å². The van der Waals surface area contributed by atoms with E-state index in [-0.39, 0.29) is 0 Å². The van der Waals surface area contributed by atoms with Gasteiger partial charge in [-0.3, -0.25) is 0 Å². The largest absolute Gasteiger partial charge is 0.0625 e. The lowest BCUT2D eigenvalue weighted by Crippen LogP contribution is -1.94. The third-order valence-corrected chi connectivity index (χ3v) is 3.87. The molecule has 3 rings (SSSR count). The summed E-state index contributed by atoms with van der Waals surface area (Å²) in [6.07, 6.45) is 1.13. The Labute approximate surface area is 133 Å². The van der Waals surface area contributed by atoms with Crippen molar-refractivity contribution < 1.29 is 0 Å². The summed E-state index contributed by atoms with van der Waals surface area (Å²) in [5.41, 5.74) is 6.54. The molecule has 0 heterocycles. The summed E-state index contributed by atoms with van der Waals surface area (Å²) in [7, 11) is 0. The molecule has 22 heavy (non-hydrogen) atoms. The van der Waals surface area contributed by atoms with E-state index < -0.39 is 0 Å². The Kier molecular flexibility index (Phi) is 4.39. The molecule has 110 valence electrons. The Morgan fingerprint density at radius 2 is 1.14 bits per heavy atom. The topological polar surface area (TPSA) is 0 Å². The number of hydrogen-bond acceptors (Lipinski definition) is 0. The summed E-state index contributed by atoms with van der Waals surface area (Å²) in [6, 6.07) is 28.3. The first-order chi connectivity index (χ1) is 10.7. The van der Waals surface area contributed by atoms with Crippen LogP contribution in [-0.4, -0.2) is 0 Å². The second-order valence-electron chi connectivity index (χ2n) is 6.25. The summed E-state index contributed by atoms with van der Waals surface area (Å²) in [6.45, 7) is 4.53. The lowest BCUT2D eigenvalue weighted by atomic mass is 9.96. The molecule has 0 spiro atoms. The van der Waals surface area contributed by atoms with Gasteiger partial charge in [-0.1, -0.05) is 86.6 Å². The van der Waals surface area contributed by atoms with Gasteiger partial charge in [-0.15, -0.1) is 0 Å². The predicted molar refractivity (Wildman–Crippen MR) is 95.9 cm³/mol. The Bertz CT molecular complexity index is 739. The third kappa shape index (κ3) is 3.46. The van der Waals surface area contributed by atoms with Gasteiger partial charge in [0.15, 0.2) is 0 Å². The van der Waals surface area contributed by atoms with Crippen molar-refractivity contribution in [1.82, 2.24) is 0 Å². The van der Waals surface area contributed by atoms with E-state index in [1.165, 1.54) is 27.8 Å². The monoisotopic (exact) mass is 286 g/mol. The van der Waals surface area contributed by atoms with Crippen LogP contribution in [0.15, 0.2) is 78.9 Å². The molecular weight excluding hydrogens is 264 g/mol. The van der Waals surface area contributed by atoms with Crippen LogP contribution in [0.1, 0.15) is 19.4 Å². The molecule has 0 unspecified atom stereocenters. The highest BCUT2D eigenvalue weighted by molar-refractivity contribution is 5.73. The highest BCUT2D eigenvalue weighted by Crippen LogP contribution is 2.27. The quantitative estimate of drug-likeness (QED) is 0.534. The van der Waals surface area contributed by atoms with Gasteiger partial charge in [-0.2, -0.15) is 0 Å². The third-order valence-electron chi connectivity index (χ3n) is 3.87. The van der Waals surface area contributed by atoms with Crippen LogP contribution in [0, 0.1) is 5.92 Å². The van der Waals surface area contributed by atoms with Gasteiger partial charge in [0.2, 0.25) is 0 Å². The molecule has 0 fully saturated rings. The molecule has 3 aromatic carbocycles. The van der Waals surface area contributed by atoms with E-state index in [2.05, 4.69) is 92.7 Å². The highest BCUT2D eigenvalue weighted by atomic mass is 14.1. The fourth-order valence-electron chi connectivity index (χ4n) is 2.86. The Morgan fingerprint density at radius 3 is 1.82 bits per heavy atom. The van der Waals surface area contributed by atoms with Crippen LogP contribution in [0.2, 0.25) is 0 Å². The zero-order chi connectivity index (χ0) is 15.4. The Balaban J connectivity index is 1.96. The minimum atomic E-state index is 0.686. The number of rotatable bonds is 4. The standard InChI is InChI=1S/C22H22/c1-17(2)14-18-8-6-11-20(15-18)22-13-7-12-21(16-22)19-9-4-3-5-10-19/h3-13,15-17H,14H2,1-2H3. The van der Waals surface area contributed by atoms with Crippen molar-refractivity contribution in [1.29, 1.82) is 0 Å². The van der Waals surface area contributed by atoms with Crippen LogP contribution in [0.3, 0.4) is 0 Å². The van der Waals surface area contributed by atoms with E-state index in [4.69, 9.17) is 0 Å². The zero-order valence-electron chi connectivity index (χ0n) is 13.3. The maximum absolute atomic E-state index is 2.32. The summed E-state index contributed by atoms with van der Waals surface area (Å²) < 4.78 is 0. The van der Waals surface area contributed by atoms with E-state index >= 15 is 0 Å². The van der Waals surface area contributed by atoms with Gasteiger partial charge < -0.3 is 0 Å². The molecule has 0 radical (unpaired) electrons. The smallest absolute Gasteiger partial charge is 0.0178 e. The first-order valence-electron chi connectivity index (χ1n) is 7.97. The Hall–Kier alpha value is -2.34. The summed E-state index contributed by atoms with van der Waals surface area (Å²) in [4.78, 5) is 0. The fraction of sp³-hybridized carbons (Fsp3) is 0.182. The number of benzene rings is 3. The summed E-state index contributed by atoms with van der Waals surface area (Å²) in [5.74, 6) is 0.686. The predicted octanol–water partition coefficient (Wildman–Crippen LogP) is 6.22.